The molecule has 16 heavy (non-hydrogen) atoms. The van der Waals surface area contributed by atoms with Crippen molar-refractivity contribution in [2.24, 2.45) is 5.41 Å². The minimum atomic E-state index is -0.699. The van der Waals surface area contributed by atoms with Gasteiger partial charge in [-0.2, -0.15) is 0 Å². The van der Waals surface area contributed by atoms with Crippen molar-refractivity contribution in [1.29, 1.82) is 0 Å². The lowest BCUT2D eigenvalue weighted by atomic mass is 9.80. The second kappa shape index (κ2) is 4.08. The molecule has 5 nitrogen and oxygen atoms in total. The smallest absolute Gasteiger partial charge is 0.309 e. The van der Waals surface area contributed by atoms with Crippen LogP contribution in [0.5, 0.6) is 0 Å². The van der Waals surface area contributed by atoms with Crippen LogP contribution in [0, 0.1) is 5.41 Å². The van der Waals surface area contributed by atoms with Crippen LogP contribution in [0.3, 0.4) is 0 Å². The van der Waals surface area contributed by atoms with Crippen molar-refractivity contribution in [2.75, 3.05) is 18.0 Å². The first-order valence-electron chi connectivity index (χ1n) is 5.36. The molecule has 0 aliphatic carbocycles. The van der Waals surface area contributed by atoms with Gasteiger partial charge >= 0.3 is 5.97 Å². The van der Waals surface area contributed by atoms with Crippen LogP contribution in [0.1, 0.15) is 19.8 Å². The maximum Gasteiger partial charge on any atom is 0.309 e. The molecule has 0 aromatic carbocycles. The van der Waals surface area contributed by atoms with Crippen LogP contribution >= 0.6 is 0 Å². The van der Waals surface area contributed by atoms with Crippen LogP contribution in [0.15, 0.2) is 18.6 Å². The van der Waals surface area contributed by atoms with Gasteiger partial charge in [0.1, 0.15) is 12.1 Å². The molecule has 1 N–H and O–H groups in total. The van der Waals surface area contributed by atoms with Gasteiger partial charge in [0, 0.05) is 19.3 Å². The Bertz CT molecular complexity index is 372. The van der Waals surface area contributed by atoms with Crippen LogP contribution in [0.2, 0.25) is 0 Å². The molecule has 0 amide bonds. The molecule has 1 aromatic heterocycles. The van der Waals surface area contributed by atoms with Crippen molar-refractivity contribution in [3.63, 3.8) is 0 Å². The number of piperidine rings is 1. The van der Waals surface area contributed by atoms with Crippen LogP contribution < -0.4 is 4.90 Å². The Morgan fingerprint density at radius 1 is 1.50 bits per heavy atom. The molecule has 1 aliphatic rings. The number of carboxylic acid groups (broad SMARTS) is 1. The normalized spacial score (nSPS) is 19.4. The van der Waals surface area contributed by atoms with Crippen molar-refractivity contribution < 1.29 is 9.90 Å². The fourth-order valence-corrected chi connectivity index (χ4v) is 1.91. The summed E-state index contributed by atoms with van der Waals surface area (Å²) < 4.78 is 0. The molecule has 0 atom stereocenters. The van der Waals surface area contributed by atoms with Crippen molar-refractivity contribution in [2.45, 2.75) is 19.8 Å². The quantitative estimate of drug-likeness (QED) is 0.812. The number of anilines is 1. The van der Waals surface area contributed by atoms with E-state index in [1.165, 1.54) is 6.33 Å². The highest BCUT2D eigenvalue weighted by molar-refractivity contribution is 5.74. The number of carbonyl (C=O) groups is 1. The SMILES string of the molecule is CC1(C(=O)O)CCN(c2ccncn2)CC1. The molecule has 1 fully saturated rings. The fourth-order valence-electron chi connectivity index (χ4n) is 1.91. The molecule has 86 valence electrons. The van der Waals surface area contributed by atoms with E-state index in [0.29, 0.717) is 12.8 Å². The fraction of sp³-hybridized carbons (Fsp3) is 0.545. The second-order valence-corrected chi connectivity index (χ2v) is 4.42. The van der Waals surface area contributed by atoms with Gasteiger partial charge in [0.05, 0.1) is 5.41 Å². The molecule has 5 heteroatoms. The maximum absolute atomic E-state index is 11.1. The average molecular weight is 221 g/mol. The lowest BCUT2D eigenvalue weighted by molar-refractivity contribution is -0.149. The van der Waals surface area contributed by atoms with E-state index >= 15 is 0 Å². The molecule has 1 aromatic rings. The Hall–Kier alpha value is -1.65. The molecule has 0 radical (unpaired) electrons. The average Bonchev–Trinajstić information content (AvgIpc) is 2.31. The van der Waals surface area contributed by atoms with E-state index in [1.807, 2.05) is 13.0 Å². The minimum Gasteiger partial charge on any atom is -0.481 e. The van der Waals surface area contributed by atoms with E-state index in [1.54, 1.807) is 6.20 Å². The summed E-state index contributed by atoms with van der Waals surface area (Å²) >= 11 is 0. The maximum atomic E-state index is 11.1. The molecule has 2 rings (SSSR count). The zero-order valence-electron chi connectivity index (χ0n) is 9.26. The summed E-state index contributed by atoms with van der Waals surface area (Å²) in [5.41, 5.74) is -0.580. The predicted molar refractivity (Wildman–Crippen MR) is 59.2 cm³/mol. The van der Waals surface area contributed by atoms with E-state index in [-0.39, 0.29) is 0 Å². The number of rotatable bonds is 2. The lowest BCUT2D eigenvalue weighted by Crippen LogP contribution is -2.43. The first kappa shape index (κ1) is 10.9. The van der Waals surface area contributed by atoms with E-state index in [4.69, 9.17) is 5.11 Å². The first-order valence-corrected chi connectivity index (χ1v) is 5.36. The van der Waals surface area contributed by atoms with Gasteiger partial charge in [-0.15, -0.1) is 0 Å². The highest BCUT2D eigenvalue weighted by Gasteiger charge is 2.37. The summed E-state index contributed by atoms with van der Waals surface area (Å²) in [4.78, 5) is 21.2. The standard InChI is InChI=1S/C11H15N3O2/c1-11(10(15)16)3-6-14(7-4-11)9-2-5-12-8-13-9/h2,5,8H,3-4,6-7H2,1H3,(H,15,16). The highest BCUT2D eigenvalue weighted by Crippen LogP contribution is 2.32. The summed E-state index contributed by atoms with van der Waals surface area (Å²) in [7, 11) is 0. The van der Waals surface area contributed by atoms with E-state index < -0.39 is 11.4 Å². The second-order valence-electron chi connectivity index (χ2n) is 4.42. The molecule has 0 saturated carbocycles. The zero-order chi connectivity index (χ0) is 11.6. The molecular formula is C11H15N3O2. The van der Waals surface area contributed by atoms with Gasteiger partial charge in [0.25, 0.3) is 0 Å². The van der Waals surface area contributed by atoms with Crippen molar-refractivity contribution >= 4 is 11.8 Å². The number of hydrogen-bond donors (Lipinski definition) is 1. The summed E-state index contributed by atoms with van der Waals surface area (Å²) in [6.07, 6.45) is 4.53. The number of nitrogens with zero attached hydrogens (tertiary/aromatic N) is 3. The van der Waals surface area contributed by atoms with Gasteiger partial charge in [0.15, 0.2) is 0 Å². The molecule has 0 unspecified atom stereocenters. The van der Waals surface area contributed by atoms with Crippen molar-refractivity contribution in [1.82, 2.24) is 9.97 Å². The van der Waals surface area contributed by atoms with Crippen molar-refractivity contribution in [3.05, 3.63) is 18.6 Å². The third-order valence-corrected chi connectivity index (χ3v) is 3.27. The van der Waals surface area contributed by atoms with Gasteiger partial charge in [-0.3, -0.25) is 4.79 Å². The van der Waals surface area contributed by atoms with Gasteiger partial charge in [0.2, 0.25) is 0 Å². The van der Waals surface area contributed by atoms with E-state index in [0.717, 1.165) is 18.9 Å². The predicted octanol–water partition coefficient (Wildman–Crippen LogP) is 1.17. The number of carboxylic acids is 1. The van der Waals surface area contributed by atoms with Crippen LogP contribution in [-0.4, -0.2) is 34.1 Å². The van der Waals surface area contributed by atoms with Gasteiger partial charge in [-0.25, -0.2) is 9.97 Å². The molecule has 1 saturated heterocycles. The summed E-state index contributed by atoms with van der Waals surface area (Å²) in [5.74, 6) is 0.178. The van der Waals surface area contributed by atoms with Crippen LogP contribution in [0.4, 0.5) is 5.82 Å². The number of aliphatic carboxylic acids is 1. The van der Waals surface area contributed by atoms with Crippen molar-refractivity contribution in [3.8, 4) is 0 Å². The molecular weight excluding hydrogens is 206 g/mol. The Labute approximate surface area is 94.1 Å². The highest BCUT2D eigenvalue weighted by atomic mass is 16.4. The summed E-state index contributed by atoms with van der Waals surface area (Å²) in [5, 5.41) is 9.11. The third kappa shape index (κ3) is 1.98. The van der Waals surface area contributed by atoms with E-state index in [2.05, 4.69) is 14.9 Å². The minimum absolute atomic E-state index is 0.580. The molecule has 2 heterocycles. The third-order valence-electron chi connectivity index (χ3n) is 3.27. The van der Waals surface area contributed by atoms with Gasteiger partial charge in [-0.1, -0.05) is 0 Å². The Morgan fingerprint density at radius 3 is 2.69 bits per heavy atom. The number of aromatic nitrogens is 2. The zero-order valence-corrected chi connectivity index (χ0v) is 9.26. The number of hydrogen-bond acceptors (Lipinski definition) is 4. The van der Waals surface area contributed by atoms with E-state index in [9.17, 15) is 4.79 Å². The molecule has 1 aliphatic heterocycles. The topological polar surface area (TPSA) is 66.3 Å². The largest absolute Gasteiger partial charge is 0.481 e. The van der Waals surface area contributed by atoms with Crippen LogP contribution in [0.25, 0.3) is 0 Å². The Kier molecular flexibility index (Phi) is 2.77. The van der Waals surface area contributed by atoms with Crippen LogP contribution in [-0.2, 0) is 4.79 Å². The van der Waals surface area contributed by atoms with Gasteiger partial charge < -0.3 is 10.0 Å². The summed E-state index contributed by atoms with van der Waals surface area (Å²) in [6.45, 7) is 3.28. The monoisotopic (exact) mass is 221 g/mol. The molecule has 0 spiro atoms. The molecule has 0 bridgehead atoms. The lowest BCUT2D eigenvalue weighted by Gasteiger charge is -2.36. The Morgan fingerprint density at radius 2 is 2.19 bits per heavy atom. The summed E-state index contributed by atoms with van der Waals surface area (Å²) in [6, 6.07) is 1.85. The van der Waals surface area contributed by atoms with Gasteiger partial charge in [-0.05, 0) is 25.8 Å². The Balaban J connectivity index is 2.03. The first-order chi connectivity index (χ1) is 7.62.